The molecule has 2 aromatic carbocycles. The summed E-state index contributed by atoms with van der Waals surface area (Å²) in [6.07, 6.45) is 15.0. The highest BCUT2D eigenvalue weighted by molar-refractivity contribution is 14.1. The number of pyridine rings is 3. The second-order valence-corrected chi connectivity index (χ2v) is 19.1. The van der Waals surface area contributed by atoms with Crippen LogP contribution in [0, 0.1) is 3.70 Å². The van der Waals surface area contributed by atoms with Crippen molar-refractivity contribution in [3.05, 3.63) is 106 Å². The SMILES string of the molecule is Cn1nc(I)c2c(OC3CCOCC3)nccc21.Cn1ncc2ccc(-c3nn(C)c4ccnc(OC5CCOCC5)c34)cc21.Cn1ncc2ccc(C3=NCc4ccnc(OC5CCOCC5)c43)cc21. The Morgan fingerprint density at radius 1 is 0.521 bits per heavy atom. The minimum atomic E-state index is 0.129. The molecule has 0 bridgehead atoms. The van der Waals surface area contributed by atoms with Gasteiger partial charge in [-0.25, -0.2) is 15.0 Å². The Bertz CT molecular complexity index is 3380. The van der Waals surface area contributed by atoms with Crippen LogP contribution in [-0.2, 0) is 48.9 Å². The van der Waals surface area contributed by atoms with Crippen LogP contribution in [-0.4, -0.2) is 118 Å². The summed E-state index contributed by atoms with van der Waals surface area (Å²) in [5.74, 6) is 2.03. The fraction of sp³-hybridized carbons (Fsp3) is 0.385. The first-order chi connectivity index (χ1) is 34.8. The van der Waals surface area contributed by atoms with Crippen LogP contribution in [0.5, 0.6) is 17.6 Å². The molecule has 18 nitrogen and oxygen atoms in total. The van der Waals surface area contributed by atoms with Gasteiger partial charge in [0.05, 0.1) is 103 Å². The Morgan fingerprint density at radius 2 is 1.00 bits per heavy atom. The van der Waals surface area contributed by atoms with Crippen LogP contribution in [0.25, 0.3) is 54.9 Å². The highest BCUT2D eigenvalue weighted by Gasteiger charge is 2.27. The van der Waals surface area contributed by atoms with Gasteiger partial charge in [-0.05, 0) is 58.5 Å². The average Bonchev–Trinajstić information content (AvgIpc) is 4.24. The molecule has 4 aliphatic rings. The molecule has 0 aliphatic carbocycles. The first-order valence-corrected chi connectivity index (χ1v) is 25.2. The molecule has 0 atom stereocenters. The van der Waals surface area contributed by atoms with Crippen molar-refractivity contribution < 1.29 is 28.4 Å². The third kappa shape index (κ3) is 9.79. The van der Waals surface area contributed by atoms with Gasteiger partial charge in [0.15, 0.2) is 0 Å². The molecular formula is C52H55IN12O6. The van der Waals surface area contributed by atoms with Gasteiger partial charge in [0.1, 0.15) is 27.7 Å². The number of fused-ring (bicyclic) bond motifs is 5. The number of hydrogen-bond acceptors (Lipinski definition) is 14. The lowest BCUT2D eigenvalue weighted by Gasteiger charge is -2.24. The zero-order chi connectivity index (χ0) is 48.4. The lowest BCUT2D eigenvalue weighted by Crippen LogP contribution is -2.27. The molecule has 4 aliphatic heterocycles. The van der Waals surface area contributed by atoms with E-state index in [1.165, 1.54) is 5.56 Å². The van der Waals surface area contributed by atoms with E-state index in [-0.39, 0.29) is 18.3 Å². The molecule has 19 heteroatoms. The van der Waals surface area contributed by atoms with Crippen molar-refractivity contribution >= 4 is 71.9 Å². The molecule has 7 aromatic heterocycles. The average molecular weight is 1070 g/mol. The van der Waals surface area contributed by atoms with E-state index in [1.54, 1.807) is 12.4 Å². The summed E-state index contributed by atoms with van der Waals surface area (Å²) in [6, 6.07) is 18.6. The summed E-state index contributed by atoms with van der Waals surface area (Å²) >= 11 is 2.22. The van der Waals surface area contributed by atoms with Gasteiger partial charge in [0, 0.05) is 107 Å². The van der Waals surface area contributed by atoms with Crippen molar-refractivity contribution in [2.24, 2.45) is 33.2 Å². The van der Waals surface area contributed by atoms with E-state index in [0.29, 0.717) is 24.2 Å². The summed E-state index contributed by atoms with van der Waals surface area (Å²) in [7, 11) is 7.79. The van der Waals surface area contributed by atoms with Gasteiger partial charge < -0.3 is 28.4 Å². The minimum absolute atomic E-state index is 0.129. The third-order valence-corrected chi connectivity index (χ3v) is 14.2. The number of halogens is 1. The molecule has 9 aromatic rings. The second kappa shape index (κ2) is 20.7. The van der Waals surface area contributed by atoms with Gasteiger partial charge in [0.25, 0.3) is 0 Å². The number of benzene rings is 2. The number of hydrogen-bond donors (Lipinski definition) is 0. The number of nitrogens with zero attached hydrogens (tertiary/aromatic N) is 12. The predicted molar refractivity (Wildman–Crippen MR) is 277 cm³/mol. The Kier molecular flexibility index (Phi) is 13.6. The van der Waals surface area contributed by atoms with Crippen LogP contribution in [0.3, 0.4) is 0 Å². The van der Waals surface area contributed by atoms with Gasteiger partial charge >= 0.3 is 0 Å². The van der Waals surface area contributed by atoms with E-state index in [2.05, 4.69) is 89.2 Å². The molecule has 0 unspecified atom stereocenters. The van der Waals surface area contributed by atoms with E-state index in [0.717, 1.165) is 154 Å². The second-order valence-electron chi connectivity index (χ2n) is 18.1. The zero-order valence-electron chi connectivity index (χ0n) is 40.2. The largest absolute Gasteiger partial charge is 0.474 e. The number of aliphatic imine (C=N–C) groups is 1. The number of aromatic nitrogens is 11. The van der Waals surface area contributed by atoms with Crippen molar-refractivity contribution in [3.63, 3.8) is 0 Å². The monoisotopic (exact) mass is 1070 g/mol. The summed E-state index contributed by atoms with van der Waals surface area (Å²) in [4.78, 5) is 18.2. The molecule has 0 saturated carbocycles. The smallest absolute Gasteiger partial charge is 0.225 e. The van der Waals surface area contributed by atoms with E-state index in [4.69, 9.17) is 38.5 Å². The molecule has 13 rings (SSSR count). The van der Waals surface area contributed by atoms with Gasteiger partial charge in [-0.1, -0.05) is 24.3 Å². The topological polar surface area (TPSA) is 178 Å². The molecule has 0 amide bonds. The van der Waals surface area contributed by atoms with Crippen molar-refractivity contribution in [1.82, 2.24) is 54.1 Å². The molecule has 0 N–H and O–H groups in total. The van der Waals surface area contributed by atoms with Gasteiger partial charge in [-0.3, -0.25) is 23.7 Å². The van der Waals surface area contributed by atoms with Crippen LogP contribution in [0.4, 0.5) is 0 Å². The van der Waals surface area contributed by atoms with Crippen molar-refractivity contribution in [2.75, 3.05) is 39.6 Å². The zero-order valence-corrected chi connectivity index (χ0v) is 42.4. The normalized spacial score (nSPS) is 16.7. The van der Waals surface area contributed by atoms with E-state index >= 15 is 0 Å². The van der Waals surface area contributed by atoms with E-state index in [1.807, 2.05) is 83.7 Å². The van der Waals surface area contributed by atoms with Crippen molar-refractivity contribution in [3.8, 4) is 28.9 Å². The third-order valence-electron chi connectivity index (χ3n) is 13.4. The first kappa shape index (κ1) is 46.8. The van der Waals surface area contributed by atoms with Crippen LogP contribution in [0.15, 0.2) is 90.6 Å². The molecular weight excluding hydrogens is 1020 g/mol. The molecule has 71 heavy (non-hydrogen) atoms. The Hall–Kier alpha value is -6.55. The van der Waals surface area contributed by atoms with E-state index < -0.39 is 0 Å². The molecule has 11 heterocycles. The van der Waals surface area contributed by atoms with Crippen LogP contribution in [0.2, 0.25) is 0 Å². The fourth-order valence-corrected chi connectivity index (χ4v) is 10.4. The summed E-state index contributed by atoms with van der Waals surface area (Å²) in [5, 5.41) is 22.0. The van der Waals surface area contributed by atoms with Gasteiger partial charge in [-0.2, -0.15) is 20.4 Å². The summed E-state index contributed by atoms with van der Waals surface area (Å²) in [5.41, 5.74) is 10.4. The fourth-order valence-electron chi connectivity index (χ4n) is 9.56. The standard InChI is InChI=1S/C20H21N5O2.C20H20N4O2.C12H14IN3O2/c1-24-17-11-13(3-4-14(17)12-22-24)19-18-16(25(2)23-19)5-8-21-20(18)27-15-6-9-26-10-7-15;1-24-17-10-13(2-3-14(17)12-23-24)19-18-15(11-22-19)4-7-21-20(18)26-16-5-8-25-9-6-16;1-16-9-2-5-14-12(10(9)11(13)15-16)18-8-3-6-17-7-4-8/h3-5,8,11-12,15H,6-7,9-10H2,1-2H3;2-4,7,10,12,16H,5-6,8-9,11H2,1H3;2,5,8H,3-4,6-7H2,1H3. The Balaban J connectivity index is 0.000000118. The minimum Gasteiger partial charge on any atom is -0.474 e. The van der Waals surface area contributed by atoms with Gasteiger partial charge in [0.2, 0.25) is 17.6 Å². The molecule has 3 fully saturated rings. The van der Waals surface area contributed by atoms with Crippen molar-refractivity contribution in [1.29, 1.82) is 0 Å². The Labute approximate surface area is 423 Å². The highest BCUT2D eigenvalue weighted by atomic mass is 127. The lowest BCUT2D eigenvalue weighted by molar-refractivity contribution is 0.0235. The summed E-state index contributed by atoms with van der Waals surface area (Å²) < 4.78 is 43.2. The lowest BCUT2D eigenvalue weighted by atomic mass is 10.0. The molecule has 3 saturated heterocycles. The summed E-state index contributed by atoms with van der Waals surface area (Å²) in [6.45, 7) is 5.17. The highest BCUT2D eigenvalue weighted by Crippen LogP contribution is 2.36. The van der Waals surface area contributed by atoms with Crippen molar-refractivity contribution in [2.45, 2.75) is 63.4 Å². The number of ether oxygens (including phenoxy) is 6. The van der Waals surface area contributed by atoms with Gasteiger partial charge in [-0.15, -0.1) is 0 Å². The Morgan fingerprint density at radius 3 is 1.59 bits per heavy atom. The predicted octanol–water partition coefficient (Wildman–Crippen LogP) is 8.09. The van der Waals surface area contributed by atoms with Crippen LogP contribution < -0.4 is 14.2 Å². The maximum Gasteiger partial charge on any atom is 0.225 e. The first-order valence-electron chi connectivity index (χ1n) is 24.1. The molecule has 0 radical (unpaired) electrons. The van der Waals surface area contributed by atoms with E-state index in [9.17, 15) is 0 Å². The maximum atomic E-state index is 6.28. The number of rotatable bonds is 8. The van der Waals surface area contributed by atoms with Crippen LogP contribution in [0.1, 0.15) is 55.2 Å². The quantitative estimate of drug-likeness (QED) is 0.134. The molecule has 366 valence electrons. The number of aryl methyl sites for hydroxylation is 4. The van der Waals surface area contributed by atoms with Crippen LogP contribution >= 0.6 is 22.6 Å². The molecule has 0 spiro atoms. The maximum absolute atomic E-state index is 6.28.